The molecule has 9 nitrogen and oxygen atoms in total. The van der Waals surface area contributed by atoms with Gasteiger partial charge in [0.15, 0.2) is 0 Å². The highest BCUT2D eigenvalue weighted by Crippen LogP contribution is 2.37. The number of methoxy groups -OCH3 is 1. The number of tetrazole rings is 1. The number of hydrogen-bond donors (Lipinski definition) is 0. The molecule has 3 heterocycles. The summed E-state index contributed by atoms with van der Waals surface area (Å²) in [7, 11) is 1.55. The molecule has 4 aromatic rings. The Morgan fingerprint density at radius 1 is 0.936 bits per heavy atom. The van der Waals surface area contributed by atoms with Crippen molar-refractivity contribution in [1.82, 2.24) is 34.9 Å². The van der Waals surface area contributed by atoms with Gasteiger partial charge in [0.25, 0.3) is 5.82 Å². The second-order valence-corrected chi connectivity index (χ2v) is 12.8. The van der Waals surface area contributed by atoms with E-state index in [4.69, 9.17) is 4.74 Å². The Morgan fingerprint density at radius 2 is 1.62 bits per heavy atom. The number of ether oxygens (including phenoxy) is 1. The predicted octanol–water partition coefficient (Wildman–Crippen LogP) is 5.26. The van der Waals surface area contributed by atoms with E-state index < -0.39 is 12.0 Å². The Bertz CT molecular complexity index is 1610. The molecule has 2 saturated heterocycles. The SMILES string of the molecule is COc1ccc(-n2nnnc2C(F)(F)F)cc1CN1CC2CN(C(=O)CC(C)C)CCN2C(C(c2ccccc2)c2ccccc2)C1. The first-order valence-electron chi connectivity index (χ1n) is 16.0. The van der Waals surface area contributed by atoms with Gasteiger partial charge in [-0.2, -0.15) is 17.9 Å². The highest BCUT2D eigenvalue weighted by molar-refractivity contribution is 5.76. The lowest BCUT2D eigenvalue weighted by Gasteiger charge is -2.53. The van der Waals surface area contributed by atoms with Crippen molar-refractivity contribution in [2.45, 2.75) is 51.0 Å². The van der Waals surface area contributed by atoms with Gasteiger partial charge >= 0.3 is 6.18 Å². The molecule has 0 aliphatic carbocycles. The highest BCUT2D eigenvalue weighted by atomic mass is 19.4. The van der Waals surface area contributed by atoms with Gasteiger partial charge in [0.05, 0.1) is 12.8 Å². The number of aromatic nitrogens is 4. The maximum Gasteiger partial charge on any atom is 0.453 e. The zero-order chi connectivity index (χ0) is 33.1. The van der Waals surface area contributed by atoms with E-state index in [2.05, 4.69) is 87.7 Å². The van der Waals surface area contributed by atoms with Gasteiger partial charge in [-0.3, -0.25) is 14.6 Å². The minimum Gasteiger partial charge on any atom is -0.496 e. The second kappa shape index (κ2) is 13.8. The molecule has 2 aliphatic rings. The van der Waals surface area contributed by atoms with E-state index in [1.54, 1.807) is 19.2 Å². The number of piperazine rings is 2. The van der Waals surface area contributed by atoms with Crippen molar-refractivity contribution >= 4 is 5.91 Å². The Hall–Kier alpha value is -4.29. The summed E-state index contributed by atoms with van der Waals surface area (Å²) in [4.78, 5) is 20.1. The monoisotopic (exact) mass is 647 g/mol. The van der Waals surface area contributed by atoms with Gasteiger partial charge in [-0.15, -0.1) is 5.10 Å². The topological polar surface area (TPSA) is 79.6 Å². The molecule has 248 valence electrons. The molecular formula is C35H40F3N7O2. The lowest BCUT2D eigenvalue weighted by Crippen LogP contribution is -2.67. The van der Waals surface area contributed by atoms with Crippen molar-refractivity contribution in [3.8, 4) is 11.4 Å². The van der Waals surface area contributed by atoms with Crippen LogP contribution in [-0.2, 0) is 17.5 Å². The van der Waals surface area contributed by atoms with Crippen LogP contribution in [0.25, 0.3) is 5.69 Å². The number of carbonyl (C=O) groups is 1. The van der Waals surface area contributed by atoms with Crippen LogP contribution < -0.4 is 4.74 Å². The first kappa shape index (κ1) is 32.6. The smallest absolute Gasteiger partial charge is 0.453 e. The van der Waals surface area contributed by atoms with E-state index >= 15 is 0 Å². The van der Waals surface area contributed by atoms with Gasteiger partial charge in [0.2, 0.25) is 5.91 Å². The van der Waals surface area contributed by atoms with Crippen LogP contribution in [0, 0.1) is 5.92 Å². The standard InChI is InChI=1S/C35H40F3N7O2/c1-24(2)18-32(46)43-16-17-44-29(22-43)21-42(23-30(44)33(25-10-6-4-7-11-25)26-12-8-5-9-13-26)20-27-19-28(14-15-31(27)47-3)45-34(35(36,37)38)39-40-41-45/h4-15,19,24,29-30,33H,16-18,20-23H2,1-3H3. The molecule has 2 fully saturated rings. The quantitative estimate of drug-likeness (QED) is 0.245. The Kier molecular flexibility index (Phi) is 9.60. The van der Waals surface area contributed by atoms with E-state index in [9.17, 15) is 18.0 Å². The van der Waals surface area contributed by atoms with Crippen molar-refractivity contribution in [1.29, 1.82) is 0 Å². The van der Waals surface area contributed by atoms with Crippen LogP contribution in [0.5, 0.6) is 5.75 Å². The van der Waals surface area contributed by atoms with Crippen LogP contribution in [-0.4, -0.2) is 92.7 Å². The fourth-order valence-corrected chi connectivity index (χ4v) is 7.10. The summed E-state index contributed by atoms with van der Waals surface area (Å²) in [5.41, 5.74) is 3.34. The normalized spacial score (nSPS) is 19.3. The molecule has 6 rings (SSSR count). The molecule has 1 aromatic heterocycles. The first-order chi connectivity index (χ1) is 22.6. The summed E-state index contributed by atoms with van der Waals surface area (Å²) in [6, 6.07) is 26.0. The van der Waals surface area contributed by atoms with Crippen LogP contribution in [0.1, 0.15) is 48.7 Å². The van der Waals surface area contributed by atoms with Crippen molar-refractivity contribution < 1.29 is 22.7 Å². The fourth-order valence-electron chi connectivity index (χ4n) is 7.10. The number of hydrogen-bond acceptors (Lipinski definition) is 7. The van der Waals surface area contributed by atoms with Crippen LogP contribution in [0.2, 0.25) is 0 Å². The van der Waals surface area contributed by atoms with Crippen molar-refractivity contribution in [2.75, 3.05) is 39.8 Å². The number of carbonyl (C=O) groups excluding carboxylic acids is 1. The molecule has 0 N–H and O–H groups in total. The van der Waals surface area contributed by atoms with Gasteiger partial charge in [0.1, 0.15) is 5.75 Å². The van der Waals surface area contributed by atoms with E-state index in [1.165, 1.54) is 17.2 Å². The lowest BCUT2D eigenvalue weighted by molar-refractivity contribution is -0.146. The van der Waals surface area contributed by atoms with Gasteiger partial charge < -0.3 is 9.64 Å². The van der Waals surface area contributed by atoms with E-state index in [0.717, 1.165) is 12.1 Å². The average molecular weight is 648 g/mol. The third-order valence-electron chi connectivity index (χ3n) is 9.13. The molecule has 47 heavy (non-hydrogen) atoms. The van der Waals surface area contributed by atoms with Crippen LogP contribution in [0.3, 0.4) is 0 Å². The summed E-state index contributed by atoms with van der Waals surface area (Å²) in [5.74, 6) is -0.121. The number of benzene rings is 3. The zero-order valence-electron chi connectivity index (χ0n) is 26.8. The van der Waals surface area contributed by atoms with Crippen molar-refractivity contribution in [3.05, 3.63) is 101 Å². The predicted molar refractivity (Wildman–Crippen MR) is 171 cm³/mol. The molecule has 2 aliphatic heterocycles. The number of amides is 1. The first-order valence-corrected chi connectivity index (χ1v) is 16.0. The number of rotatable bonds is 9. The number of fused-ring (bicyclic) bond motifs is 1. The van der Waals surface area contributed by atoms with Crippen molar-refractivity contribution in [2.24, 2.45) is 5.92 Å². The molecule has 2 unspecified atom stereocenters. The summed E-state index contributed by atoms with van der Waals surface area (Å²) < 4.78 is 47.4. The minimum absolute atomic E-state index is 0.0596. The van der Waals surface area contributed by atoms with Crippen molar-refractivity contribution in [3.63, 3.8) is 0 Å². The van der Waals surface area contributed by atoms with E-state index in [1.807, 2.05) is 17.0 Å². The molecule has 0 bridgehead atoms. The van der Waals surface area contributed by atoms with Crippen LogP contribution >= 0.6 is 0 Å². The molecule has 12 heteroatoms. The van der Waals surface area contributed by atoms with Gasteiger partial charge in [-0.05, 0) is 45.7 Å². The van der Waals surface area contributed by atoms with E-state index in [-0.39, 0.29) is 35.5 Å². The second-order valence-electron chi connectivity index (χ2n) is 12.8. The molecular weight excluding hydrogens is 607 g/mol. The number of nitrogens with zero attached hydrogens (tertiary/aromatic N) is 7. The van der Waals surface area contributed by atoms with Crippen LogP contribution in [0.15, 0.2) is 78.9 Å². The largest absolute Gasteiger partial charge is 0.496 e. The molecule has 1 amide bonds. The van der Waals surface area contributed by atoms with Gasteiger partial charge in [-0.1, -0.05) is 74.5 Å². The third kappa shape index (κ3) is 7.18. The van der Waals surface area contributed by atoms with Gasteiger partial charge in [0, 0.05) is 69.3 Å². The molecule has 0 radical (unpaired) electrons. The fraction of sp³-hybridized carbons (Fsp3) is 0.429. The maximum absolute atomic E-state index is 13.7. The number of halogens is 3. The summed E-state index contributed by atoms with van der Waals surface area (Å²) in [5, 5.41) is 10.1. The Balaban J connectivity index is 1.36. The summed E-state index contributed by atoms with van der Waals surface area (Å²) >= 11 is 0. The molecule has 0 saturated carbocycles. The lowest BCUT2D eigenvalue weighted by atomic mass is 9.81. The highest BCUT2D eigenvalue weighted by Gasteiger charge is 2.43. The summed E-state index contributed by atoms with van der Waals surface area (Å²) in [6.07, 6.45) is -4.20. The van der Waals surface area contributed by atoms with Crippen LogP contribution in [0.4, 0.5) is 13.2 Å². The Labute approximate surface area is 272 Å². The number of alkyl halides is 3. The summed E-state index contributed by atoms with van der Waals surface area (Å²) in [6.45, 7) is 8.00. The molecule has 0 spiro atoms. The zero-order valence-corrected chi connectivity index (χ0v) is 26.8. The Morgan fingerprint density at radius 3 is 2.23 bits per heavy atom. The molecule has 2 atom stereocenters. The average Bonchev–Trinajstić information content (AvgIpc) is 3.57. The maximum atomic E-state index is 13.7. The minimum atomic E-state index is -4.71. The van der Waals surface area contributed by atoms with Gasteiger partial charge in [-0.25, -0.2) is 0 Å². The third-order valence-corrected chi connectivity index (χ3v) is 9.13. The molecule has 3 aromatic carbocycles. The van der Waals surface area contributed by atoms with E-state index in [0.29, 0.717) is 49.6 Å².